The standard InChI is InChI=1S/C40H47N7O6/c1-7-22(2)36(39(50)45-40-44-34(46-47-40)14-10-11-25-21-41-29-13-9-8-12-26(25)29)43-31-18-16-27-28(20-32(31)49)30(42-23(3)48)17-15-24-19-33(51-4)37(52-5)38(53-6)35(24)27/h8-9,12-13,16,18-22,30,36,41H,7,10-11,14-15,17H2,1-6H3,(H,42,48)(H,43,49)(H2,44,45,46,47,50)/t22-,30+,36+/m1/s1. The molecule has 13 nitrogen and oxygen atoms in total. The summed E-state index contributed by atoms with van der Waals surface area (Å²) in [5.74, 6) is 1.50. The largest absolute Gasteiger partial charge is 0.493 e. The van der Waals surface area contributed by atoms with Crippen molar-refractivity contribution in [3.05, 3.63) is 87.5 Å². The summed E-state index contributed by atoms with van der Waals surface area (Å²) in [7, 11) is 4.66. The van der Waals surface area contributed by atoms with Gasteiger partial charge >= 0.3 is 0 Å². The number of nitrogens with one attached hydrogen (secondary N) is 5. The van der Waals surface area contributed by atoms with Crippen molar-refractivity contribution in [3.8, 4) is 28.4 Å². The van der Waals surface area contributed by atoms with Gasteiger partial charge in [0.25, 0.3) is 0 Å². The Labute approximate surface area is 308 Å². The highest BCUT2D eigenvalue weighted by molar-refractivity contribution is 5.95. The number of carbonyl (C=O) groups is 2. The van der Waals surface area contributed by atoms with Crippen LogP contribution >= 0.6 is 0 Å². The van der Waals surface area contributed by atoms with Crippen molar-refractivity contribution in [1.29, 1.82) is 0 Å². The Morgan fingerprint density at radius 3 is 2.55 bits per heavy atom. The molecule has 0 unspecified atom stereocenters. The van der Waals surface area contributed by atoms with E-state index >= 15 is 0 Å². The van der Waals surface area contributed by atoms with Gasteiger partial charge in [-0.2, -0.15) is 4.98 Å². The monoisotopic (exact) mass is 721 g/mol. The van der Waals surface area contributed by atoms with Gasteiger partial charge in [0.2, 0.25) is 28.9 Å². The predicted molar refractivity (Wildman–Crippen MR) is 205 cm³/mol. The molecule has 0 bridgehead atoms. The van der Waals surface area contributed by atoms with E-state index in [0.29, 0.717) is 59.9 Å². The lowest BCUT2D eigenvalue weighted by atomic mass is 9.95. The molecular formula is C40H47N7O6. The minimum Gasteiger partial charge on any atom is -0.493 e. The third-order valence-corrected chi connectivity index (χ3v) is 10.0. The van der Waals surface area contributed by atoms with Gasteiger partial charge < -0.3 is 29.8 Å². The molecule has 53 heavy (non-hydrogen) atoms. The van der Waals surface area contributed by atoms with Crippen molar-refractivity contribution < 1.29 is 23.8 Å². The number of para-hydroxylation sites is 1. The van der Waals surface area contributed by atoms with Crippen molar-refractivity contribution in [2.45, 2.75) is 71.4 Å². The highest BCUT2D eigenvalue weighted by Crippen LogP contribution is 2.50. The van der Waals surface area contributed by atoms with Gasteiger partial charge in [-0.15, -0.1) is 5.10 Å². The first kappa shape index (κ1) is 36.9. The summed E-state index contributed by atoms with van der Waals surface area (Å²) >= 11 is 0. The third-order valence-electron chi connectivity index (χ3n) is 10.0. The van der Waals surface area contributed by atoms with Crippen LogP contribution in [0.4, 0.5) is 11.6 Å². The molecule has 13 heteroatoms. The normalized spacial score (nSPS) is 14.6. The maximum absolute atomic E-state index is 14.0. The number of carbonyl (C=O) groups excluding carboxylic acids is 2. The lowest BCUT2D eigenvalue weighted by Gasteiger charge is -2.23. The number of ether oxygens (including phenoxy) is 3. The van der Waals surface area contributed by atoms with Crippen LogP contribution in [0.3, 0.4) is 0 Å². The number of hydrogen-bond acceptors (Lipinski definition) is 9. The van der Waals surface area contributed by atoms with Gasteiger partial charge in [0, 0.05) is 36.0 Å². The summed E-state index contributed by atoms with van der Waals surface area (Å²) in [6, 6.07) is 13.9. The summed E-state index contributed by atoms with van der Waals surface area (Å²) in [6.45, 7) is 5.39. The summed E-state index contributed by atoms with van der Waals surface area (Å²) in [6.07, 6.45) is 6.20. The Hall–Kier alpha value is -5.85. The molecule has 1 aliphatic carbocycles. The number of anilines is 2. The Balaban J connectivity index is 1.26. The lowest BCUT2D eigenvalue weighted by Crippen LogP contribution is -2.41. The molecule has 5 aromatic rings. The van der Waals surface area contributed by atoms with E-state index in [-0.39, 0.29) is 34.8 Å². The van der Waals surface area contributed by atoms with E-state index in [1.165, 1.54) is 23.9 Å². The van der Waals surface area contributed by atoms with Gasteiger partial charge in [-0.3, -0.25) is 24.8 Å². The quantitative estimate of drug-likeness (QED) is 0.0908. The molecule has 3 atom stereocenters. The summed E-state index contributed by atoms with van der Waals surface area (Å²) in [5.41, 5.74) is 5.24. The predicted octanol–water partition coefficient (Wildman–Crippen LogP) is 6.10. The highest BCUT2D eigenvalue weighted by atomic mass is 16.5. The number of aromatic nitrogens is 4. The van der Waals surface area contributed by atoms with Crippen LogP contribution in [-0.4, -0.2) is 59.4 Å². The summed E-state index contributed by atoms with van der Waals surface area (Å²) in [4.78, 5) is 48.0. The number of aromatic amines is 2. The van der Waals surface area contributed by atoms with Crippen LogP contribution in [0.1, 0.15) is 68.6 Å². The maximum Gasteiger partial charge on any atom is 0.249 e. The van der Waals surface area contributed by atoms with E-state index in [4.69, 9.17) is 14.2 Å². The average Bonchev–Trinajstić information content (AvgIpc) is 3.71. The molecule has 2 amide bonds. The first-order valence-corrected chi connectivity index (χ1v) is 18.0. The van der Waals surface area contributed by atoms with E-state index in [2.05, 4.69) is 48.2 Å². The zero-order chi connectivity index (χ0) is 37.6. The molecule has 0 radical (unpaired) electrons. The third kappa shape index (κ3) is 7.84. The van der Waals surface area contributed by atoms with Crippen LogP contribution in [-0.2, 0) is 28.9 Å². The van der Waals surface area contributed by atoms with E-state index in [1.807, 2.05) is 44.3 Å². The summed E-state index contributed by atoms with van der Waals surface area (Å²) < 4.78 is 17.2. The van der Waals surface area contributed by atoms with Crippen molar-refractivity contribution in [1.82, 2.24) is 25.5 Å². The topological polar surface area (TPSA) is 172 Å². The van der Waals surface area contributed by atoms with Crippen LogP contribution in [0.2, 0.25) is 0 Å². The van der Waals surface area contributed by atoms with Crippen molar-refractivity contribution >= 4 is 34.4 Å². The number of benzene rings is 2. The zero-order valence-electron chi connectivity index (χ0n) is 31.0. The number of rotatable bonds is 14. The van der Waals surface area contributed by atoms with Crippen LogP contribution < -0.4 is 35.6 Å². The SMILES string of the molecule is CC[C@@H](C)[C@H](Nc1ccc2c(cc1=O)[C@@H](NC(C)=O)CCc1cc(OC)c(OC)c(OC)c1-2)C(=O)Nc1n[nH]c(CCCc2c[nH]c3ccccc23)n1. The number of fused-ring (bicyclic) bond motifs is 4. The Morgan fingerprint density at radius 1 is 1.02 bits per heavy atom. The lowest BCUT2D eigenvalue weighted by molar-refractivity contribution is -0.120. The minimum absolute atomic E-state index is 0.156. The number of nitrogens with zero attached hydrogens (tertiary/aromatic N) is 2. The number of hydrogen-bond donors (Lipinski definition) is 5. The van der Waals surface area contributed by atoms with Gasteiger partial charge in [0.1, 0.15) is 11.9 Å². The molecule has 5 N–H and O–H groups in total. The number of H-pyrrole nitrogens is 2. The van der Waals surface area contributed by atoms with E-state index in [9.17, 15) is 14.4 Å². The fourth-order valence-electron chi connectivity index (χ4n) is 7.13. The highest BCUT2D eigenvalue weighted by Gasteiger charge is 2.31. The van der Waals surface area contributed by atoms with E-state index < -0.39 is 12.1 Å². The molecule has 0 spiro atoms. The Kier molecular flexibility index (Phi) is 11.3. The molecule has 1 aliphatic rings. The second-order valence-electron chi connectivity index (χ2n) is 13.4. The van der Waals surface area contributed by atoms with Crippen LogP contribution in [0.5, 0.6) is 17.2 Å². The Bertz CT molecular complexity index is 2180. The smallest absolute Gasteiger partial charge is 0.249 e. The maximum atomic E-state index is 14.0. The van der Waals surface area contributed by atoms with Gasteiger partial charge in [-0.1, -0.05) is 44.5 Å². The number of methoxy groups -OCH3 is 3. The van der Waals surface area contributed by atoms with Crippen LogP contribution in [0.15, 0.2) is 59.5 Å². The molecule has 2 heterocycles. The molecule has 2 aromatic heterocycles. The molecule has 278 valence electrons. The first-order chi connectivity index (χ1) is 25.6. The second kappa shape index (κ2) is 16.2. The fourth-order valence-corrected chi connectivity index (χ4v) is 7.13. The van der Waals surface area contributed by atoms with Crippen molar-refractivity contribution in [2.75, 3.05) is 32.0 Å². The second-order valence-corrected chi connectivity index (χ2v) is 13.4. The van der Waals surface area contributed by atoms with Gasteiger partial charge in [0.05, 0.1) is 33.1 Å². The molecule has 0 aliphatic heterocycles. The summed E-state index contributed by atoms with van der Waals surface area (Å²) in [5, 5.41) is 17.5. The van der Waals surface area contributed by atoms with E-state index in [1.54, 1.807) is 27.4 Å². The fraction of sp³-hybridized carbons (Fsp3) is 0.375. The minimum atomic E-state index is -0.781. The molecule has 3 aromatic carbocycles. The van der Waals surface area contributed by atoms with Gasteiger partial charge in [-0.25, -0.2) is 0 Å². The molecule has 0 fully saturated rings. The Morgan fingerprint density at radius 2 is 1.81 bits per heavy atom. The number of aryl methyl sites for hydroxylation is 3. The molecular weight excluding hydrogens is 674 g/mol. The molecule has 6 rings (SSSR count). The first-order valence-electron chi connectivity index (χ1n) is 18.0. The molecule has 0 saturated heterocycles. The van der Waals surface area contributed by atoms with Crippen molar-refractivity contribution in [3.63, 3.8) is 0 Å². The molecule has 0 saturated carbocycles. The number of amides is 2. The van der Waals surface area contributed by atoms with Gasteiger partial charge in [-0.05, 0) is 78.1 Å². The zero-order valence-corrected chi connectivity index (χ0v) is 31.0. The van der Waals surface area contributed by atoms with Gasteiger partial charge in [0.15, 0.2) is 11.5 Å². The average molecular weight is 722 g/mol. The van der Waals surface area contributed by atoms with Crippen LogP contribution in [0.25, 0.3) is 22.0 Å². The van der Waals surface area contributed by atoms with Crippen molar-refractivity contribution in [2.24, 2.45) is 5.92 Å². The van der Waals surface area contributed by atoms with Crippen LogP contribution in [0, 0.1) is 5.92 Å². The van der Waals surface area contributed by atoms with E-state index in [0.717, 1.165) is 29.5 Å².